The second-order valence-electron chi connectivity index (χ2n) is 2.49. The summed E-state index contributed by atoms with van der Waals surface area (Å²) in [6, 6.07) is 0. The molecule has 0 saturated carbocycles. The van der Waals surface area contributed by atoms with Crippen LogP contribution >= 0.6 is 0 Å². The number of rotatable bonds is 5. The number of nitrogens with one attached hydrogen (secondary N) is 1. The zero-order chi connectivity index (χ0) is 8.91. The normalized spacial score (nSPS) is 11.5. The number of hydrogen-bond acceptors (Lipinski definition) is 3. The summed E-state index contributed by atoms with van der Waals surface area (Å²) in [5, 5.41) is 1.93. The maximum absolute atomic E-state index is 11.0. The molecule has 4 nitrogen and oxygen atoms in total. The first-order valence-corrected chi connectivity index (χ1v) is 5.11. The van der Waals surface area contributed by atoms with Gasteiger partial charge in [0.25, 0.3) is 0 Å². The molecule has 0 bridgehead atoms. The highest BCUT2D eigenvalue weighted by Crippen LogP contribution is 1.98. The molecule has 0 radical (unpaired) electrons. The Morgan fingerprint density at radius 1 is 1.45 bits per heavy atom. The van der Waals surface area contributed by atoms with E-state index in [0.29, 0.717) is 6.41 Å². The zero-order valence-electron chi connectivity index (χ0n) is 6.70. The molecule has 0 aromatic rings. The Morgan fingerprint density at radius 2 is 2.00 bits per heavy atom. The van der Waals surface area contributed by atoms with Crippen LogP contribution in [0.5, 0.6) is 0 Å². The molecule has 0 heterocycles. The third-order valence-electron chi connectivity index (χ3n) is 1.33. The van der Waals surface area contributed by atoms with Gasteiger partial charge in [0.05, 0.1) is 11.0 Å². The van der Waals surface area contributed by atoms with Crippen LogP contribution in [0.2, 0.25) is 0 Å². The number of sulfone groups is 1. The van der Waals surface area contributed by atoms with Crippen molar-refractivity contribution in [2.45, 2.75) is 19.1 Å². The average Bonchev–Trinajstić information content (AvgIpc) is 1.88. The first kappa shape index (κ1) is 10.4. The Hall–Kier alpha value is -0.580. The van der Waals surface area contributed by atoms with Crippen LogP contribution in [0.3, 0.4) is 0 Å². The predicted octanol–water partition coefficient (Wildman–Crippen LogP) is -0.444. The molecule has 0 aliphatic carbocycles. The molecule has 0 aliphatic rings. The largest absolute Gasteiger partial charge is 0.358 e. The predicted molar refractivity (Wildman–Crippen MR) is 43.0 cm³/mol. The molecule has 0 atom stereocenters. The Bertz CT molecular complexity index is 208. The minimum Gasteiger partial charge on any atom is -0.358 e. The van der Waals surface area contributed by atoms with Crippen LogP contribution in [0.15, 0.2) is 0 Å². The summed E-state index contributed by atoms with van der Waals surface area (Å²) in [6.45, 7) is 3.44. The maximum Gasteiger partial charge on any atom is 0.207 e. The van der Waals surface area contributed by atoms with Crippen LogP contribution < -0.4 is 5.32 Å². The fourth-order valence-electron chi connectivity index (χ4n) is 0.496. The Labute approximate surface area is 66.9 Å². The summed E-state index contributed by atoms with van der Waals surface area (Å²) in [7, 11) is -2.99. The van der Waals surface area contributed by atoms with Crippen molar-refractivity contribution in [1.82, 2.24) is 5.32 Å². The van der Waals surface area contributed by atoms with Crippen molar-refractivity contribution in [1.29, 1.82) is 0 Å². The Balaban J connectivity index is 3.84. The number of hydrogen-bond donors (Lipinski definition) is 1. The number of carbonyl (C=O) groups excluding carboxylic acids is 1. The molecule has 0 aliphatic heterocycles. The first-order chi connectivity index (χ1) is 5.00. The highest BCUT2D eigenvalue weighted by Gasteiger charge is 2.14. The maximum atomic E-state index is 11.0. The van der Waals surface area contributed by atoms with Crippen LogP contribution in [0.1, 0.15) is 13.8 Å². The minimum absolute atomic E-state index is 0.0173. The Kier molecular flexibility index (Phi) is 4.10. The highest BCUT2D eigenvalue weighted by atomic mass is 32.2. The van der Waals surface area contributed by atoms with Crippen molar-refractivity contribution in [3.63, 3.8) is 0 Å². The lowest BCUT2D eigenvalue weighted by molar-refractivity contribution is -0.109. The van der Waals surface area contributed by atoms with Crippen molar-refractivity contribution in [2.75, 3.05) is 12.3 Å². The fraction of sp³-hybridized carbons (Fsp3) is 0.833. The topological polar surface area (TPSA) is 63.2 Å². The van der Waals surface area contributed by atoms with E-state index in [0.717, 1.165) is 0 Å². The molecule has 11 heavy (non-hydrogen) atoms. The summed E-state index contributed by atoms with van der Waals surface area (Å²) in [6.07, 6.45) is 0.496. The zero-order valence-corrected chi connectivity index (χ0v) is 7.52. The van der Waals surface area contributed by atoms with Crippen LogP contribution in [0, 0.1) is 0 Å². The van der Waals surface area contributed by atoms with Gasteiger partial charge in [-0.15, -0.1) is 0 Å². The molecular formula is C6H13NO3S. The molecule has 0 aromatic carbocycles. The molecule has 0 aromatic heterocycles. The number of amides is 1. The lowest BCUT2D eigenvalue weighted by atomic mass is 10.6. The second kappa shape index (κ2) is 4.33. The van der Waals surface area contributed by atoms with Gasteiger partial charge in [0.2, 0.25) is 6.41 Å². The average molecular weight is 179 g/mol. The van der Waals surface area contributed by atoms with E-state index in [2.05, 4.69) is 5.32 Å². The monoisotopic (exact) mass is 179 g/mol. The van der Waals surface area contributed by atoms with E-state index in [4.69, 9.17) is 0 Å². The third-order valence-corrected chi connectivity index (χ3v) is 3.54. The lowest BCUT2D eigenvalue weighted by Gasteiger charge is -2.05. The smallest absolute Gasteiger partial charge is 0.207 e. The van der Waals surface area contributed by atoms with Gasteiger partial charge in [-0.05, 0) is 13.8 Å². The SMILES string of the molecule is CC(C)S(=O)(=O)CCNC=O. The van der Waals surface area contributed by atoms with Gasteiger partial charge in [0, 0.05) is 6.54 Å². The van der Waals surface area contributed by atoms with Crippen molar-refractivity contribution in [3.05, 3.63) is 0 Å². The summed E-state index contributed by atoms with van der Waals surface area (Å²) in [4.78, 5) is 9.75. The highest BCUT2D eigenvalue weighted by molar-refractivity contribution is 7.92. The lowest BCUT2D eigenvalue weighted by Crippen LogP contribution is -2.26. The summed E-state index contributed by atoms with van der Waals surface area (Å²) in [5.74, 6) is 0.0173. The molecule has 0 spiro atoms. The van der Waals surface area contributed by atoms with Crippen molar-refractivity contribution in [2.24, 2.45) is 0 Å². The molecule has 66 valence electrons. The molecule has 0 rings (SSSR count). The molecule has 1 amide bonds. The number of carbonyl (C=O) groups is 1. The van der Waals surface area contributed by atoms with Crippen molar-refractivity contribution >= 4 is 16.2 Å². The van der Waals surface area contributed by atoms with Crippen molar-refractivity contribution < 1.29 is 13.2 Å². The van der Waals surface area contributed by atoms with Crippen LogP contribution in [0.25, 0.3) is 0 Å². The molecule has 5 heteroatoms. The van der Waals surface area contributed by atoms with Gasteiger partial charge in [-0.25, -0.2) is 8.42 Å². The Morgan fingerprint density at radius 3 is 2.36 bits per heavy atom. The van der Waals surface area contributed by atoms with Gasteiger partial charge in [-0.3, -0.25) is 4.79 Å². The summed E-state index contributed by atoms with van der Waals surface area (Å²) < 4.78 is 22.1. The van der Waals surface area contributed by atoms with Gasteiger partial charge in [-0.1, -0.05) is 0 Å². The quantitative estimate of drug-likeness (QED) is 0.459. The van der Waals surface area contributed by atoms with Crippen LogP contribution in [0.4, 0.5) is 0 Å². The summed E-state index contributed by atoms with van der Waals surface area (Å²) in [5.41, 5.74) is 0. The minimum atomic E-state index is -2.99. The fourth-order valence-corrected chi connectivity index (χ4v) is 1.37. The van der Waals surface area contributed by atoms with Gasteiger partial charge in [0.1, 0.15) is 0 Å². The standard InChI is InChI=1S/C6H13NO3S/c1-6(2)11(9,10)4-3-7-5-8/h5-6H,3-4H2,1-2H3,(H,7,8). The van der Waals surface area contributed by atoms with E-state index in [1.807, 2.05) is 0 Å². The van der Waals surface area contributed by atoms with E-state index >= 15 is 0 Å². The molecule has 0 unspecified atom stereocenters. The summed E-state index contributed by atoms with van der Waals surface area (Å²) >= 11 is 0. The van der Waals surface area contributed by atoms with Gasteiger partial charge >= 0.3 is 0 Å². The van der Waals surface area contributed by atoms with E-state index < -0.39 is 9.84 Å². The van der Waals surface area contributed by atoms with Gasteiger partial charge in [0.15, 0.2) is 9.84 Å². The second-order valence-corrected chi connectivity index (χ2v) is 5.16. The molecular weight excluding hydrogens is 166 g/mol. The van der Waals surface area contributed by atoms with E-state index in [9.17, 15) is 13.2 Å². The van der Waals surface area contributed by atoms with Gasteiger partial charge in [-0.2, -0.15) is 0 Å². The van der Waals surface area contributed by atoms with Crippen LogP contribution in [-0.2, 0) is 14.6 Å². The third kappa shape index (κ3) is 3.98. The molecule has 1 N–H and O–H groups in total. The van der Waals surface area contributed by atoms with E-state index in [-0.39, 0.29) is 17.5 Å². The molecule has 0 saturated heterocycles. The van der Waals surface area contributed by atoms with Crippen molar-refractivity contribution in [3.8, 4) is 0 Å². The van der Waals surface area contributed by atoms with Gasteiger partial charge < -0.3 is 5.32 Å². The first-order valence-electron chi connectivity index (χ1n) is 3.39. The molecule has 0 fully saturated rings. The van der Waals surface area contributed by atoms with E-state index in [1.165, 1.54) is 0 Å². The van der Waals surface area contributed by atoms with E-state index in [1.54, 1.807) is 13.8 Å². The van der Waals surface area contributed by atoms with Crippen LogP contribution in [-0.4, -0.2) is 32.4 Å².